The van der Waals surface area contributed by atoms with Crippen LogP contribution < -0.4 is 5.32 Å². The van der Waals surface area contributed by atoms with Gasteiger partial charge in [-0.2, -0.15) is 0 Å². The van der Waals surface area contributed by atoms with E-state index in [-0.39, 0.29) is 18.1 Å². The van der Waals surface area contributed by atoms with Crippen LogP contribution in [-0.2, 0) is 4.79 Å². The van der Waals surface area contributed by atoms with E-state index in [1.165, 1.54) is 11.1 Å². The average Bonchev–Trinajstić information content (AvgIpc) is 2.58. The second-order valence-corrected chi connectivity index (χ2v) is 5.59. The van der Waals surface area contributed by atoms with Crippen molar-refractivity contribution in [1.29, 1.82) is 0 Å². The molecule has 1 amide bonds. The predicted molar refractivity (Wildman–Crippen MR) is 73.1 cm³/mol. The number of hydrogen-bond acceptors (Lipinski definition) is 2. The largest absolute Gasteiger partial charge is 0.321 e. The first-order valence-corrected chi connectivity index (χ1v) is 6.62. The van der Waals surface area contributed by atoms with Crippen LogP contribution in [0.1, 0.15) is 38.1 Å². The summed E-state index contributed by atoms with van der Waals surface area (Å²) in [6.45, 7) is 9.09. The van der Waals surface area contributed by atoms with E-state index < -0.39 is 0 Å². The van der Waals surface area contributed by atoms with Gasteiger partial charge in [-0.1, -0.05) is 43.7 Å². The number of nitrogens with zero attached hydrogens (tertiary/aromatic N) is 1. The number of benzene rings is 1. The quantitative estimate of drug-likeness (QED) is 0.888. The van der Waals surface area contributed by atoms with Gasteiger partial charge in [0.15, 0.2) is 0 Å². The minimum absolute atomic E-state index is 0.0236. The summed E-state index contributed by atoms with van der Waals surface area (Å²) >= 11 is 0. The van der Waals surface area contributed by atoms with Gasteiger partial charge < -0.3 is 4.90 Å². The van der Waals surface area contributed by atoms with E-state index in [0.29, 0.717) is 5.92 Å². The van der Waals surface area contributed by atoms with Crippen LogP contribution in [0.25, 0.3) is 0 Å². The molecule has 0 aromatic heterocycles. The number of carbonyl (C=O) groups excluding carboxylic acids is 1. The molecule has 2 unspecified atom stereocenters. The Bertz CT molecular complexity index is 425. The molecule has 1 fully saturated rings. The molecular formula is C15H22N2O. The van der Waals surface area contributed by atoms with Crippen molar-refractivity contribution < 1.29 is 4.79 Å². The monoisotopic (exact) mass is 246 g/mol. The molecule has 0 spiro atoms. The lowest BCUT2D eigenvalue weighted by atomic mass is 10.1. The van der Waals surface area contributed by atoms with Crippen LogP contribution in [0.5, 0.6) is 0 Å². The minimum atomic E-state index is -0.0879. The first-order valence-electron chi connectivity index (χ1n) is 6.62. The number of hydrogen-bond donors (Lipinski definition) is 1. The molecule has 98 valence electrons. The molecule has 3 nitrogen and oxygen atoms in total. The Morgan fingerprint density at radius 2 is 1.89 bits per heavy atom. The Morgan fingerprint density at radius 3 is 2.44 bits per heavy atom. The predicted octanol–water partition coefficient (Wildman–Crippen LogP) is 2.47. The Hall–Kier alpha value is -1.35. The number of rotatable bonds is 3. The van der Waals surface area contributed by atoms with E-state index in [9.17, 15) is 4.79 Å². The Labute approximate surface area is 109 Å². The highest BCUT2D eigenvalue weighted by molar-refractivity contribution is 5.84. The van der Waals surface area contributed by atoms with Crippen LogP contribution in [-0.4, -0.2) is 23.4 Å². The maximum absolute atomic E-state index is 12.2. The highest BCUT2D eigenvalue weighted by atomic mass is 16.2. The van der Waals surface area contributed by atoms with E-state index >= 15 is 0 Å². The van der Waals surface area contributed by atoms with E-state index in [2.05, 4.69) is 50.4 Å². The fourth-order valence-electron chi connectivity index (χ4n) is 2.39. The van der Waals surface area contributed by atoms with Gasteiger partial charge >= 0.3 is 0 Å². The van der Waals surface area contributed by atoms with Crippen molar-refractivity contribution >= 4 is 5.91 Å². The van der Waals surface area contributed by atoms with Crippen molar-refractivity contribution in [1.82, 2.24) is 10.2 Å². The Morgan fingerprint density at radius 1 is 1.28 bits per heavy atom. The lowest BCUT2D eigenvalue weighted by molar-refractivity contribution is -0.130. The fraction of sp³-hybridized carbons (Fsp3) is 0.533. The van der Waals surface area contributed by atoms with Crippen LogP contribution in [0.4, 0.5) is 0 Å². The third kappa shape index (κ3) is 2.56. The van der Waals surface area contributed by atoms with Crippen molar-refractivity contribution in [2.75, 3.05) is 6.54 Å². The highest BCUT2D eigenvalue weighted by Crippen LogP contribution is 2.26. The van der Waals surface area contributed by atoms with E-state index in [1.54, 1.807) is 0 Å². The van der Waals surface area contributed by atoms with Crippen LogP contribution >= 0.6 is 0 Å². The van der Waals surface area contributed by atoms with Gasteiger partial charge in [-0.25, -0.2) is 0 Å². The molecule has 1 saturated heterocycles. The summed E-state index contributed by atoms with van der Waals surface area (Å²) < 4.78 is 0. The summed E-state index contributed by atoms with van der Waals surface area (Å²) in [5.74, 6) is 0.684. The number of carbonyl (C=O) groups is 1. The van der Waals surface area contributed by atoms with E-state index in [0.717, 1.165) is 6.54 Å². The minimum Gasteiger partial charge on any atom is -0.321 e. The molecule has 0 radical (unpaired) electrons. The first-order chi connectivity index (χ1) is 8.49. The molecule has 1 heterocycles. The van der Waals surface area contributed by atoms with Gasteiger partial charge in [0.05, 0.1) is 6.04 Å². The zero-order chi connectivity index (χ0) is 13.3. The maximum atomic E-state index is 12.2. The molecule has 1 aromatic rings. The van der Waals surface area contributed by atoms with Gasteiger partial charge in [0.25, 0.3) is 0 Å². The molecule has 2 rings (SSSR count). The van der Waals surface area contributed by atoms with Crippen molar-refractivity contribution in [2.45, 2.75) is 39.9 Å². The van der Waals surface area contributed by atoms with Crippen LogP contribution in [0, 0.1) is 12.8 Å². The summed E-state index contributed by atoms with van der Waals surface area (Å²) in [7, 11) is 0. The number of aryl methyl sites for hydroxylation is 1. The summed E-state index contributed by atoms with van der Waals surface area (Å²) in [4.78, 5) is 14.1. The van der Waals surface area contributed by atoms with Crippen molar-refractivity contribution in [2.24, 2.45) is 5.92 Å². The van der Waals surface area contributed by atoms with Gasteiger partial charge in [-0.05, 0) is 25.3 Å². The number of amides is 1. The molecule has 1 N–H and O–H groups in total. The van der Waals surface area contributed by atoms with Crippen molar-refractivity contribution in [3.05, 3.63) is 35.4 Å². The van der Waals surface area contributed by atoms with E-state index in [4.69, 9.17) is 0 Å². The van der Waals surface area contributed by atoms with E-state index in [1.807, 2.05) is 11.8 Å². The van der Waals surface area contributed by atoms with Crippen molar-refractivity contribution in [3.8, 4) is 0 Å². The topological polar surface area (TPSA) is 32.3 Å². The van der Waals surface area contributed by atoms with Crippen LogP contribution in [0.15, 0.2) is 24.3 Å². The highest BCUT2D eigenvalue weighted by Gasteiger charge is 2.36. The normalized spacial score (nSPS) is 24.1. The van der Waals surface area contributed by atoms with Gasteiger partial charge in [-0.3, -0.25) is 10.1 Å². The van der Waals surface area contributed by atoms with Gasteiger partial charge in [0.1, 0.15) is 6.17 Å². The average molecular weight is 246 g/mol. The van der Waals surface area contributed by atoms with Crippen molar-refractivity contribution in [3.63, 3.8) is 0 Å². The smallest absolute Gasteiger partial charge is 0.241 e. The standard InChI is InChI=1S/C15H22N2O/c1-10(2)9-17-14(16-12(4)15(17)18)13-7-5-11(3)6-8-13/h5-8,10,12,14,16H,9H2,1-4H3. The first kappa shape index (κ1) is 13.1. The Kier molecular flexibility index (Phi) is 3.71. The molecule has 0 bridgehead atoms. The molecule has 1 aliphatic heterocycles. The van der Waals surface area contributed by atoms with Crippen LogP contribution in [0.3, 0.4) is 0 Å². The Balaban J connectivity index is 2.24. The summed E-state index contributed by atoms with van der Waals surface area (Å²) in [6, 6.07) is 8.31. The molecule has 2 atom stereocenters. The maximum Gasteiger partial charge on any atom is 0.241 e. The molecule has 3 heteroatoms. The molecular weight excluding hydrogens is 224 g/mol. The molecule has 1 aromatic carbocycles. The summed E-state index contributed by atoms with van der Waals surface area (Å²) in [5.41, 5.74) is 2.41. The lowest BCUT2D eigenvalue weighted by Crippen LogP contribution is -2.33. The zero-order valence-electron chi connectivity index (χ0n) is 11.6. The molecule has 0 saturated carbocycles. The number of nitrogens with one attached hydrogen (secondary N) is 1. The van der Waals surface area contributed by atoms with Gasteiger partial charge in [0, 0.05) is 6.54 Å². The third-order valence-corrected chi connectivity index (χ3v) is 3.33. The molecule has 18 heavy (non-hydrogen) atoms. The van der Waals surface area contributed by atoms with Gasteiger partial charge in [-0.15, -0.1) is 0 Å². The fourth-order valence-corrected chi connectivity index (χ4v) is 2.39. The third-order valence-electron chi connectivity index (χ3n) is 3.33. The molecule has 0 aliphatic carbocycles. The summed E-state index contributed by atoms with van der Waals surface area (Å²) in [5, 5.41) is 3.37. The zero-order valence-corrected chi connectivity index (χ0v) is 11.6. The second kappa shape index (κ2) is 5.11. The van der Waals surface area contributed by atoms with Gasteiger partial charge in [0.2, 0.25) is 5.91 Å². The van der Waals surface area contributed by atoms with Crippen LogP contribution in [0.2, 0.25) is 0 Å². The lowest BCUT2D eigenvalue weighted by Gasteiger charge is -2.26. The summed E-state index contributed by atoms with van der Waals surface area (Å²) in [6.07, 6.45) is 0.0236. The molecule has 1 aliphatic rings. The SMILES string of the molecule is Cc1ccc(C2NC(C)C(=O)N2CC(C)C)cc1. The second-order valence-electron chi connectivity index (χ2n) is 5.59.